The maximum absolute atomic E-state index is 6.89. The van der Waals surface area contributed by atoms with Crippen LogP contribution in [0.5, 0.6) is 0 Å². The normalized spacial score (nSPS) is 12.8. The van der Waals surface area contributed by atoms with Crippen molar-refractivity contribution in [1.82, 2.24) is 9.97 Å². The van der Waals surface area contributed by atoms with Crippen LogP contribution in [0.4, 0.5) is 0 Å². The summed E-state index contributed by atoms with van der Waals surface area (Å²) in [5.41, 5.74) is 13.6. The number of allylic oxidation sites excluding steroid dienone is 4. The molecule has 0 amide bonds. The van der Waals surface area contributed by atoms with E-state index < -0.39 is 0 Å². The summed E-state index contributed by atoms with van der Waals surface area (Å²) in [5.74, 6) is 0.666. The zero-order valence-corrected chi connectivity index (χ0v) is 31.2. The molecule has 10 aromatic rings. The Morgan fingerprint density at radius 1 is 0.421 bits per heavy atom. The first kappa shape index (κ1) is 33.0. The van der Waals surface area contributed by atoms with Crippen LogP contribution in [0, 0.1) is 0 Å². The van der Waals surface area contributed by atoms with Gasteiger partial charge in [-0.3, -0.25) is 0 Å². The van der Waals surface area contributed by atoms with Crippen molar-refractivity contribution in [1.29, 1.82) is 0 Å². The number of hydrogen-bond donors (Lipinski definition) is 0. The van der Waals surface area contributed by atoms with E-state index >= 15 is 0 Å². The third-order valence-electron chi connectivity index (χ3n) is 11.3. The zero-order valence-electron chi connectivity index (χ0n) is 31.2. The standard InChI is InChI=1S/C54H36N2O/c1-3-12-35(13-4-1)37-22-25-39(26-23-37)50-34-49(38-15-5-2-6-16-38)55-54(56-50)48-32-45-18-9-10-21-46(45)53-52(48)47-29-28-44(33-51(47)57-53)42-20-11-19-41(31-42)43-27-24-36-14-7-8-17-40(36)30-43/h2-3,5-34H,1,4H2. The van der Waals surface area contributed by atoms with E-state index in [2.05, 4.69) is 188 Å². The second-order valence-electron chi connectivity index (χ2n) is 14.8. The summed E-state index contributed by atoms with van der Waals surface area (Å²) < 4.78 is 6.89. The fourth-order valence-corrected chi connectivity index (χ4v) is 8.35. The summed E-state index contributed by atoms with van der Waals surface area (Å²) in [6.45, 7) is 0. The minimum absolute atomic E-state index is 0.666. The third kappa shape index (κ3) is 6.01. The average molecular weight is 729 g/mol. The van der Waals surface area contributed by atoms with E-state index in [4.69, 9.17) is 14.4 Å². The van der Waals surface area contributed by atoms with Crippen LogP contribution in [0.15, 0.2) is 199 Å². The van der Waals surface area contributed by atoms with Gasteiger partial charge in [0.05, 0.1) is 11.4 Å². The molecule has 0 spiro atoms. The Morgan fingerprint density at radius 2 is 1.05 bits per heavy atom. The summed E-state index contributed by atoms with van der Waals surface area (Å²) in [6.07, 6.45) is 8.97. The minimum atomic E-state index is 0.666. The molecule has 0 saturated carbocycles. The number of benzene rings is 8. The Morgan fingerprint density at radius 3 is 1.84 bits per heavy atom. The molecule has 0 bridgehead atoms. The van der Waals surface area contributed by atoms with Crippen molar-refractivity contribution >= 4 is 49.1 Å². The molecule has 268 valence electrons. The zero-order chi connectivity index (χ0) is 37.7. The molecule has 0 N–H and O–H groups in total. The van der Waals surface area contributed by atoms with Crippen LogP contribution in [0.25, 0.3) is 105 Å². The van der Waals surface area contributed by atoms with E-state index in [9.17, 15) is 0 Å². The number of hydrogen-bond acceptors (Lipinski definition) is 3. The summed E-state index contributed by atoms with van der Waals surface area (Å²) in [4.78, 5) is 10.6. The smallest absolute Gasteiger partial charge is 0.161 e. The van der Waals surface area contributed by atoms with Gasteiger partial charge in [-0.2, -0.15) is 0 Å². The highest BCUT2D eigenvalue weighted by molar-refractivity contribution is 6.21. The van der Waals surface area contributed by atoms with Crippen molar-refractivity contribution in [3.05, 3.63) is 200 Å². The predicted octanol–water partition coefficient (Wildman–Crippen LogP) is 14.8. The topological polar surface area (TPSA) is 38.9 Å². The van der Waals surface area contributed by atoms with Crippen LogP contribution in [0.2, 0.25) is 0 Å². The third-order valence-corrected chi connectivity index (χ3v) is 11.3. The lowest BCUT2D eigenvalue weighted by atomic mass is 9.96. The molecular formula is C54H36N2O. The van der Waals surface area contributed by atoms with Gasteiger partial charge in [-0.05, 0) is 98.8 Å². The Bertz CT molecular complexity index is 3220. The molecule has 0 fully saturated rings. The second kappa shape index (κ2) is 13.7. The van der Waals surface area contributed by atoms with Gasteiger partial charge in [-0.15, -0.1) is 0 Å². The number of nitrogens with zero attached hydrogens (tertiary/aromatic N) is 2. The van der Waals surface area contributed by atoms with Gasteiger partial charge in [-0.25, -0.2) is 9.97 Å². The van der Waals surface area contributed by atoms with E-state index in [0.717, 1.165) is 84.8 Å². The van der Waals surface area contributed by atoms with Gasteiger partial charge >= 0.3 is 0 Å². The molecule has 0 unspecified atom stereocenters. The van der Waals surface area contributed by atoms with E-state index in [0.29, 0.717) is 5.82 Å². The lowest BCUT2D eigenvalue weighted by Crippen LogP contribution is -1.97. The summed E-state index contributed by atoms with van der Waals surface area (Å²) >= 11 is 0. The van der Waals surface area contributed by atoms with Crippen molar-refractivity contribution in [2.45, 2.75) is 12.8 Å². The molecule has 0 saturated heterocycles. The SMILES string of the molecule is C1=CC(c2ccc(-c3cc(-c4ccccc4)nc(-c4cc5ccccc5c5oc6cc(-c7cccc(-c8ccc9ccccc9c8)c7)ccc6c45)n3)cc2)=CCC1. The summed E-state index contributed by atoms with van der Waals surface area (Å²) in [7, 11) is 0. The van der Waals surface area contributed by atoms with Crippen LogP contribution in [-0.2, 0) is 0 Å². The molecule has 3 nitrogen and oxygen atoms in total. The maximum atomic E-state index is 6.89. The molecule has 2 aromatic heterocycles. The van der Waals surface area contributed by atoms with Crippen LogP contribution in [-0.4, -0.2) is 9.97 Å². The Kier molecular flexibility index (Phi) is 7.96. The van der Waals surface area contributed by atoms with E-state index in [1.807, 2.05) is 6.07 Å². The van der Waals surface area contributed by atoms with Crippen molar-refractivity contribution in [2.24, 2.45) is 0 Å². The lowest BCUT2D eigenvalue weighted by Gasteiger charge is -2.12. The summed E-state index contributed by atoms with van der Waals surface area (Å²) in [5, 5.41) is 6.67. The first-order valence-electron chi connectivity index (χ1n) is 19.6. The number of aromatic nitrogens is 2. The molecule has 1 aliphatic carbocycles. The van der Waals surface area contributed by atoms with Gasteiger partial charge in [0.1, 0.15) is 11.2 Å². The van der Waals surface area contributed by atoms with Gasteiger partial charge in [0.25, 0.3) is 0 Å². The second-order valence-corrected chi connectivity index (χ2v) is 14.8. The first-order chi connectivity index (χ1) is 28.2. The van der Waals surface area contributed by atoms with Crippen LogP contribution in [0.1, 0.15) is 18.4 Å². The molecule has 0 aliphatic heterocycles. The molecular weight excluding hydrogens is 693 g/mol. The fourth-order valence-electron chi connectivity index (χ4n) is 8.35. The van der Waals surface area contributed by atoms with Crippen molar-refractivity contribution in [2.75, 3.05) is 0 Å². The molecule has 3 heteroatoms. The van der Waals surface area contributed by atoms with Crippen LogP contribution >= 0.6 is 0 Å². The Hall–Kier alpha value is -7.36. The molecule has 0 atom stereocenters. The van der Waals surface area contributed by atoms with Crippen molar-refractivity contribution in [3.8, 4) is 56.2 Å². The van der Waals surface area contributed by atoms with Gasteiger partial charge in [-0.1, -0.05) is 158 Å². The fraction of sp³-hybridized carbons (Fsp3) is 0.0370. The van der Waals surface area contributed by atoms with E-state index in [1.165, 1.54) is 33.0 Å². The van der Waals surface area contributed by atoms with Crippen molar-refractivity contribution in [3.63, 3.8) is 0 Å². The molecule has 0 radical (unpaired) electrons. The van der Waals surface area contributed by atoms with E-state index in [1.54, 1.807) is 0 Å². The predicted molar refractivity (Wildman–Crippen MR) is 238 cm³/mol. The molecule has 11 rings (SSSR count). The molecule has 57 heavy (non-hydrogen) atoms. The highest BCUT2D eigenvalue weighted by atomic mass is 16.3. The van der Waals surface area contributed by atoms with Gasteiger partial charge in [0.15, 0.2) is 5.82 Å². The van der Waals surface area contributed by atoms with Crippen LogP contribution in [0.3, 0.4) is 0 Å². The highest BCUT2D eigenvalue weighted by Gasteiger charge is 2.20. The first-order valence-corrected chi connectivity index (χ1v) is 19.6. The molecule has 8 aromatic carbocycles. The summed E-state index contributed by atoms with van der Waals surface area (Å²) in [6, 6.07) is 62.5. The number of furan rings is 1. The molecule has 1 aliphatic rings. The highest BCUT2D eigenvalue weighted by Crippen LogP contribution is 2.42. The number of fused-ring (bicyclic) bond motifs is 6. The average Bonchev–Trinajstić information content (AvgIpc) is 3.68. The maximum Gasteiger partial charge on any atom is 0.161 e. The monoisotopic (exact) mass is 728 g/mol. The van der Waals surface area contributed by atoms with Crippen LogP contribution < -0.4 is 0 Å². The van der Waals surface area contributed by atoms with Crippen molar-refractivity contribution < 1.29 is 4.42 Å². The van der Waals surface area contributed by atoms with Gasteiger partial charge in [0, 0.05) is 32.8 Å². The van der Waals surface area contributed by atoms with E-state index in [-0.39, 0.29) is 0 Å². The number of rotatable bonds is 6. The Labute approximate surface area is 330 Å². The quantitative estimate of drug-likeness (QED) is 0.171. The largest absolute Gasteiger partial charge is 0.455 e. The molecule has 2 heterocycles. The van der Waals surface area contributed by atoms with Gasteiger partial charge < -0.3 is 4.42 Å². The lowest BCUT2D eigenvalue weighted by molar-refractivity contribution is 0.673. The van der Waals surface area contributed by atoms with Gasteiger partial charge in [0.2, 0.25) is 0 Å². The minimum Gasteiger partial charge on any atom is -0.455 e. The Balaban J connectivity index is 1.07.